The summed E-state index contributed by atoms with van der Waals surface area (Å²) in [5.74, 6) is -2.12. The SMILES string of the molecule is Nc1nc(-c2cccnc2)c2ncn(Cc3c(F)cc([N+](=O)[O-])cc3F)c2n1. The molecule has 3 heterocycles. The smallest absolute Gasteiger partial charge is 0.275 e. The fourth-order valence-corrected chi connectivity index (χ4v) is 2.80. The zero-order valence-electron chi connectivity index (χ0n) is 14.1. The number of hydrogen-bond donors (Lipinski definition) is 1. The molecule has 0 atom stereocenters. The van der Waals surface area contributed by atoms with Crippen LogP contribution < -0.4 is 5.73 Å². The molecule has 0 unspecified atom stereocenters. The average Bonchev–Trinajstić information content (AvgIpc) is 3.07. The molecule has 1 aromatic carbocycles. The van der Waals surface area contributed by atoms with Crippen LogP contribution in [0.4, 0.5) is 20.4 Å². The molecular weight excluding hydrogens is 372 g/mol. The van der Waals surface area contributed by atoms with E-state index in [1.807, 2.05) is 0 Å². The van der Waals surface area contributed by atoms with Crippen molar-refractivity contribution >= 4 is 22.8 Å². The highest BCUT2D eigenvalue weighted by Crippen LogP contribution is 2.27. The topological polar surface area (TPSA) is 126 Å². The summed E-state index contributed by atoms with van der Waals surface area (Å²) in [6.07, 6.45) is 4.53. The van der Waals surface area contributed by atoms with Crippen molar-refractivity contribution < 1.29 is 13.7 Å². The molecule has 0 aliphatic rings. The molecule has 0 fully saturated rings. The highest BCUT2D eigenvalue weighted by Gasteiger charge is 2.20. The maximum atomic E-state index is 14.2. The minimum atomic E-state index is -1.04. The van der Waals surface area contributed by atoms with Crippen LogP contribution in [0.2, 0.25) is 0 Å². The lowest BCUT2D eigenvalue weighted by Crippen LogP contribution is -2.07. The van der Waals surface area contributed by atoms with Gasteiger partial charge in [0.2, 0.25) is 5.95 Å². The molecule has 0 radical (unpaired) electrons. The Kier molecular flexibility index (Phi) is 4.11. The van der Waals surface area contributed by atoms with Gasteiger partial charge in [0.25, 0.3) is 5.69 Å². The Bertz CT molecular complexity index is 1190. The first-order valence-electron chi connectivity index (χ1n) is 7.95. The second-order valence-electron chi connectivity index (χ2n) is 5.86. The summed E-state index contributed by atoms with van der Waals surface area (Å²) in [5.41, 5.74) is 6.49. The second kappa shape index (κ2) is 6.61. The predicted octanol–water partition coefficient (Wildman–Crippen LogP) is 2.71. The van der Waals surface area contributed by atoms with E-state index in [0.29, 0.717) is 28.9 Å². The fourth-order valence-electron chi connectivity index (χ4n) is 2.80. The molecule has 0 spiro atoms. The van der Waals surface area contributed by atoms with Crippen molar-refractivity contribution in [2.75, 3.05) is 5.73 Å². The van der Waals surface area contributed by atoms with E-state index < -0.39 is 22.2 Å². The quantitative estimate of drug-likeness (QED) is 0.424. The lowest BCUT2D eigenvalue weighted by Gasteiger charge is -2.08. The second-order valence-corrected chi connectivity index (χ2v) is 5.86. The Balaban J connectivity index is 1.82. The third-order valence-corrected chi connectivity index (χ3v) is 4.08. The Morgan fingerprint density at radius 1 is 1.21 bits per heavy atom. The first kappa shape index (κ1) is 17.4. The number of halogens is 2. The summed E-state index contributed by atoms with van der Waals surface area (Å²) in [4.78, 5) is 26.4. The molecule has 0 saturated heterocycles. The molecule has 3 aromatic heterocycles. The number of hydrogen-bond acceptors (Lipinski definition) is 7. The third kappa shape index (κ3) is 2.98. The van der Waals surface area contributed by atoms with Gasteiger partial charge in [-0.3, -0.25) is 15.1 Å². The molecule has 140 valence electrons. The Morgan fingerprint density at radius 3 is 2.61 bits per heavy atom. The number of nitro groups is 1. The van der Waals surface area contributed by atoms with Gasteiger partial charge in [0.15, 0.2) is 5.65 Å². The Morgan fingerprint density at radius 2 is 1.96 bits per heavy atom. The van der Waals surface area contributed by atoms with Crippen LogP contribution in [0, 0.1) is 21.7 Å². The van der Waals surface area contributed by atoms with E-state index >= 15 is 0 Å². The highest BCUT2D eigenvalue weighted by atomic mass is 19.1. The highest BCUT2D eigenvalue weighted by molar-refractivity contribution is 5.88. The molecular formula is C17H11F2N7O2. The molecule has 0 aliphatic carbocycles. The molecule has 2 N–H and O–H groups in total. The zero-order chi connectivity index (χ0) is 19.8. The number of aromatic nitrogens is 5. The van der Waals surface area contributed by atoms with Crippen LogP contribution >= 0.6 is 0 Å². The summed E-state index contributed by atoms with van der Waals surface area (Å²) in [5, 5.41) is 10.7. The number of pyridine rings is 1. The number of anilines is 1. The summed E-state index contributed by atoms with van der Waals surface area (Å²) < 4.78 is 29.9. The number of nitro benzene ring substituents is 1. The monoisotopic (exact) mass is 383 g/mol. The molecule has 0 bridgehead atoms. The lowest BCUT2D eigenvalue weighted by molar-refractivity contribution is -0.385. The first-order chi connectivity index (χ1) is 13.4. The molecule has 4 aromatic rings. The van der Waals surface area contributed by atoms with Crippen LogP contribution in [0.15, 0.2) is 43.0 Å². The van der Waals surface area contributed by atoms with E-state index in [4.69, 9.17) is 5.73 Å². The van der Waals surface area contributed by atoms with E-state index in [2.05, 4.69) is 19.9 Å². The lowest BCUT2D eigenvalue weighted by atomic mass is 10.1. The summed E-state index contributed by atoms with van der Waals surface area (Å²) >= 11 is 0. The number of nitrogen functional groups attached to an aromatic ring is 1. The maximum absolute atomic E-state index is 14.2. The van der Waals surface area contributed by atoms with Gasteiger partial charge < -0.3 is 10.3 Å². The first-order valence-corrected chi connectivity index (χ1v) is 7.95. The Labute approximate surface area is 155 Å². The van der Waals surface area contributed by atoms with Crippen molar-refractivity contribution in [1.82, 2.24) is 24.5 Å². The van der Waals surface area contributed by atoms with Crippen LogP contribution in [0.3, 0.4) is 0 Å². The van der Waals surface area contributed by atoms with Crippen molar-refractivity contribution in [2.24, 2.45) is 0 Å². The standard InChI is InChI=1S/C17H11F2N7O2/c18-12-4-10(26(27)28)5-13(19)11(12)7-25-8-22-15-14(9-2-1-3-21-6-9)23-17(20)24-16(15)25/h1-6,8H,7H2,(H2,20,23,24). The van der Waals surface area contributed by atoms with E-state index in [9.17, 15) is 18.9 Å². The van der Waals surface area contributed by atoms with Gasteiger partial charge in [-0.25, -0.2) is 18.7 Å². The average molecular weight is 383 g/mol. The fraction of sp³-hybridized carbons (Fsp3) is 0.0588. The number of rotatable bonds is 4. The predicted molar refractivity (Wildman–Crippen MR) is 95.1 cm³/mol. The van der Waals surface area contributed by atoms with Gasteiger partial charge in [0.1, 0.15) is 22.8 Å². The van der Waals surface area contributed by atoms with E-state index in [1.54, 1.807) is 24.5 Å². The number of imidazole rings is 1. The molecule has 0 amide bonds. The van der Waals surface area contributed by atoms with Crippen molar-refractivity contribution in [3.05, 3.63) is 70.3 Å². The molecule has 11 heteroatoms. The van der Waals surface area contributed by atoms with Crippen LogP contribution in [0.5, 0.6) is 0 Å². The Hall–Kier alpha value is -4.02. The minimum Gasteiger partial charge on any atom is -0.368 e. The van der Waals surface area contributed by atoms with E-state index in [1.165, 1.54) is 10.9 Å². The van der Waals surface area contributed by atoms with Gasteiger partial charge in [-0.15, -0.1) is 0 Å². The normalized spacial score (nSPS) is 11.1. The number of nitrogens with two attached hydrogens (primary N) is 1. The third-order valence-electron chi connectivity index (χ3n) is 4.08. The largest absolute Gasteiger partial charge is 0.368 e. The number of fused-ring (bicyclic) bond motifs is 1. The molecule has 28 heavy (non-hydrogen) atoms. The van der Waals surface area contributed by atoms with Crippen LogP contribution in [-0.4, -0.2) is 29.4 Å². The number of benzene rings is 1. The van der Waals surface area contributed by atoms with Crippen LogP contribution in [-0.2, 0) is 6.54 Å². The molecule has 0 saturated carbocycles. The van der Waals surface area contributed by atoms with Gasteiger partial charge in [-0.2, -0.15) is 4.98 Å². The van der Waals surface area contributed by atoms with Crippen molar-refractivity contribution in [3.63, 3.8) is 0 Å². The van der Waals surface area contributed by atoms with Crippen LogP contribution in [0.25, 0.3) is 22.4 Å². The molecule has 4 rings (SSSR count). The molecule has 0 aliphatic heterocycles. The van der Waals surface area contributed by atoms with E-state index in [-0.39, 0.29) is 23.7 Å². The van der Waals surface area contributed by atoms with Gasteiger partial charge >= 0.3 is 0 Å². The van der Waals surface area contributed by atoms with Gasteiger partial charge in [0.05, 0.1) is 29.9 Å². The summed E-state index contributed by atoms with van der Waals surface area (Å²) in [6.45, 7) is -0.283. The van der Waals surface area contributed by atoms with Crippen molar-refractivity contribution in [3.8, 4) is 11.3 Å². The number of non-ortho nitro benzene ring substituents is 1. The minimum absolute atomic E-state index is 0.0438. The molecule has 9 nitrogen and oxygen atoms in total. The van der Waals surface area contributed by atoms with E-state index in [0.717, 1.165) is 0 Å². The van der Waals surface area contributed by atoms with Gasteiger partial charge in [-0.05, 0) is 12.1 Å². The van der Waals surface area contributed by atoms with Gasteiger partial charge in [-0.1, -0.05) is 0 Å². The van der Waals surface area contributed by atoms with Gasteiger partial charge in [0, 0.05) is 23.5 Å². The zero-order valence-corrected chi connectivity index (χ0v) is 14.1. The summed E-state index contributed by atoms with van der Waals surface area (Å²) in [7, 11) is 0. The van der Waals surface area contributed by atoms with Crippen molar-refractivity contribution in [2.45, 2.75) is 6.54 Å². The van der Waals surface area contributed by atoms with Crippen LogP contribution in [0.1, 0.15) is 5.56 Å². The van der Waals surface area contributed by atoms with Crippen molar-refractivity contribution in [1.29, 1.82) is 0 Å². The number of nitrogens with zero attached hydrogens (tertiary/aromatic N) is 6. The summed E-state index contributed by atoms with van der Waals surface area (Å²) in [6, 6.07) is 4.82. The maximum Gasteiger partial charge on any atom is 0.275 e.